The fourth-order valence-electron chi connectivity index (χ4n) is 1.66. The Labute approximate surface area is 112 Å². The number of aliphatic hydroxyl groups is 2. The number of aromatic nitrogens is 1. The fourth-order valence-corrected chi connectivity index (χ4v) is 1.66. The minimum absolute atomic E-state index is 0.0193. The van der Waals surface area contributed by atoms with E-state index in [0.29, 0.717) is 23.6 Å². The van der Waals surface area contributed by atoms with Gasteiger partial charge in [-0.1, -0.05) is 19.1 Å². The molecule has 4 nitrogen and oxygen atoms in total. The summed E-state index contributed by atoms with van der Waals surface area (Å²) in [6.45, 7) is 1.92. The molecule has 0 bridgehead atoms. The van der Waals surface area contributed by atoms with Crippen LogP contribution in [0.15, 0.2) is 42.6 Å². The highest BCUT2D eigenvalue weighted by molar-refractivity contribution is 5.32. The summed E-state index contributed by atoms with van der Waals surface area (Å²) in [5.41, 5.74) is 1.48. The largest absolute Gasteiger partial charge is 0.456 e. The van der Waals surface area contributed by atoms with Gasteiger partial charge in [-0.2, -0.15) is 0 Å². The Kier molecular flexibility index (Phi) is 4.49. The molecule has 2 aromatic rings. The molecule has 4 heteroatoms. The lowest BCUT2D eigenvalue weighted by molar-refractivity contribution is 0.169. The van der Waals surface area contributed by atoms with E-state index in [-0.39, 0.29) is 6.61 Å². The summed E-state index contributed by atoms with van der Waals surface area (Å²) in [6, 6.07) is 10.7. The van der Waals surface area contributed by atoms with E-state index < -0.39 is 6.10 Å². The normalized spacial score (nSPS) is 12.2. The van der Waals surface area contributed by atoms with Gasteiger partial charge in [0.05, 0.1) is 24.6 Å². The van der Waals surface area contributed by atoms with Crippen LogP contribution in [0.3, 0.4) is 0 Å². The number of pyridine rings is 1. The van der Waals surface area contributed by atoms with Crippen LogP contribution in [-0.4, -0.2) is 15.2 Å². The van der Waals surface area contributed by atoms with Gasteiger partial charge in [-0.25, -0.2) is 0 Å². The van der Waals surface area contributed by atoms with Gasteiger partial charge in [-0.3, -0.25) is 4.98 Å². The second kappa shape index (κ2) is 6.31. The average molecular weight is 259 g/mol. The van der Waals surface area contributed by atoms with Gasteiger partial charge in [0, 0.05) is 0 Å². The molecule has 0 spiro atoms. The molecule has 0 saturated heterocycles. The van der Waals surface area contributed by atoms with Gasteiger partial charge >= 0.3 is 0 Å². The molecular formula is C15H17NO3. The summed E-state index contributed by atoms with van der Waals surface area (Å²) in [5, 5.41) is 18.6. The summed E-state index contributed by atoms with van der Waals surface area (Å²) >= 11 is 0. The van der Waals surface area contributed by atoms with Gasteiger partial charge in [0.2, 0.25) is 0 Å². The fraction of sp³-hybridized carbons (Fsp3) is 0.267. The molecule has 1 atom stereocenters. The first-order valence-electron chi connectivity index (χ1n) is 6.24. The summed E-state index contributed by atoms with van der Waals surface area (Å²) in [6.07, 6.45) is 1.70. The first-order valence-corrected chi connectivity index (χ1v) is 6.24. The Balaban J connectivity index is 2.06. The lowest BCUT2D eigenvalue weighted by Gasteiger charge is -2.09. The third-order valence-electron chi connectivity index (χ3n) is 2.83. The van der Waals surface area contributed by atoms with Gasteiger partial charge in [-0.15, -0.1) is 0 Å². The number of rotatable bonds is 5. The maximum Gasteiger partial charge on any atom is 0.145 e. The van der Waals surface area contributed by atoms with Crippen molar-refractivity contribution in [3.63, 3.8) is 0 Å². The average Bonchev–Trinajstić information content (AvgIpc) is 2.48. The van der Waals surface area contributed by atoms with Crippen LogP contribution in [0.2, 0.25) is 0 Å². The molecule has 2 N–H and O–H groups in total. The molecule has 1 aromatic heterocycles. The molecule has 0 aliphatic carbocycles. The zero-order chi connectivity index (χ0) is 13.7. The third kappa shape index (κ3) is 3.53. The van der Waals surface area contributed by atoms with Gasteiger partial charge in [0.25, 0.3) is 0 Å². The van der Waals surface area contributed by atoms with E-state index in [1.54, 1.807) is 42.6 Å². The molecular weight excluding hydrogens is 242 g/mol. The van der Waals surface area contributed by atoms with Crippen LogP contribution in [-0.2, 0) is 6.61 Å². The first kappa shape index (κ1) is 13.5. The molecule has 100 valence electrons. The van der Waals surface area contributed by atoms with E-state index in [9.17, 15) is 5.11 Å². The van der Waals surface area contributed by atoms with E-state index >= 15 is 0 Å². The van der Waals surface area contributed by atoms with Gasteiger partial charge in [0.1, 0.15) is 11.5 Å². The van der Waals surface area contributed by atoms with Crippen LogP contribution in [0.25, 0.3) is 0 Å². The van der Waals surface area contributed by atoms with Crippen LogP contribution in [0.5, 0.6) is 11.5 Å². The molecule has 0 unspecified atom stereocenters. The van der Waals surface area contributed by atoms with Crippen molar-refractivity contribution in [1.29, 1.82) is 0 Å². The lowest BCUT2D eigenvalue weighted by Crippen LogP contribution is -1.98. The summed E-state index contributed by atoms with van der Waals surface area (Å²) in [7, 11) is 0. The smallest absolute Gasteiger partial charge is 0.145 e. The topological polar surface area (TPSA) is 62.6 Å². The predicted octanol–water partition coefficient (Wildman–Crippen LogP) is 2.81. The van der Waals surface area contributed by atoms with Crippen molar-refractivity contribution in [2.45, 2.75) is 26.1 Å². The second-order valence-electron chi connectivity index (χ2n) is 4.25. The van der Waals surface area contributed by atoms with Crippen molar-refractivity contribution >= 4 is 0 Å². The van der Waals surface area contributed by atoms with E-state index in [2.05, 4.69) is 4.98 Å². The van der Waals surface area contributed by atoms with Crippen LogP contribution in [0.1, 0.15) is 30.7 Å². The monoisotopic (exact) mass is 259 g/mol. The highest BCUT2D eigenvalue weighted by Crippen LogP contribution is 2.22. The minimum Gasteiger partial charge on any atom is -0.456 e. The Morgan fingerprint density at radius 1 is 1.11 bits per heavy atom. The summed E-state index contributed by atoms with van der Waals surface area (Å²) < 4.78 is 5.62. The van der Waals surface area contributed by atoms with Crippen LogP contribution in [0, 0.1) is 0 Å². The summed E-state index contributed by atoms with van der Waals surface area (Å²) in [4.78, 5) is 4.16. The molecule has 0 aliphatic rings. The number of ether oxygens (including phenoxy) is 1. The van der Waals surface area contributed by atoms with E-state index in [0.717, 1.165) is 5.56 Å². The number of hydrogen-bond donors (Lipinski definition) is 2. The molecule has 19 heavy (non-hydrogen) atoms. The Morgan fingerprint density at radius 2 is 1.79 bits per heavy atom. The van der Waals surface area contributed by atoms with Crippen molar-refractivity contribution in [2.24, 2.45) is 0 Å². The van der Waals surface area contributed by atoms with Gasteiger partial charge < -0.3 is 14.9 Å². The van der Waals surface area contributed by atoms with Crippen molar-refractivity contribution in [3.05, 3.63) is 53.9 Å². The Hall–Kier alpha value is -1.91. The van der Waals surface area contributed by atoms with E-state index in [1.807, 2.05) is 6.92 Å². The number of benzene rings is 1. The van der Waals surface area contributed by atoms with Crippen molar-refractivity contribution in [3.8, 4) is 11.5 Å². The molecule has 0 amide bonds. The third-order valence-corrected chi connectivity index (χ3v) is 2.83. The van der Waals surface area contributed by atoms with Crippen molar-refractivity contribution in [2.75, 3.05) is 0 Å². The maximum absolute atomic E-state index is 9.64. The minimum atomic E-state index is -0.530. The molecule has 0 saturated carbocycles. The van der Waals surface area contributed by atoms with Gasteiger partial charge in [0.15, 0.2) is 0 Å². The van der Waals surface area contributed by atoms with Crippen LogP contribution >= 0.6 is 0 Å². The first-order chi connectivity index (χ1) is 9.22. The summed E-state index contributed by atoms with van der Waals surface area (Å²) in [5.74, 6) is 1.30. The van der Waals surface area contributed by atoms with E-state index in [1.165, 1.54) is 0 Å². The van der Waals surface area contributed by atoms with Gasteiger partial charge in [-0.05, 0) is 36.2 Å². The molecule has 0 aliphatic heterocycles. The standard InChI is InChI=1S/C15H17NO3/c1-2-15(18)14-8-7-13(9-16-14)19-12-5-3-11(10-17)4-6-12/h3-9,15,17-18H,2,10H2,1H3/t15-/m1/s1. The van der Waals surface area contributed by atoms with E-state index in [4.69, 9.17) is 9.84 Å². The highest BCUT2D eigenvalue weighted by Gasteiger charge is 2.06. The second-order valence-corrected chi connectivity index (χ2v) is 4.25. The zero-order valence-electron chi connectivity index (χ0n) is 10.8. The SMILES string of the molecule is CC[C@@H](O)c1ccc(Oc2ccc(CO)cc2)cn1. The molecule has 0 radical (unpaired) electrons. The molecule has 1 aromatic carbocycles. The van der Waals surface area contributed by atoms with Crippen LogP contribution in [0.4, 0.5) is 0 Å². The Bertz CT molecular complexity index is 508. The molecule has 1 heterocycles. The molecule has 0 fully saturated rings. The lowest BCUT2D eigenvalue weighted by atomic mass is 10.2. The molecule has 2 rings (SSSR count). The Morgan fingerprint density at radius 3 is 2.32 bits per heavy atom. The number of nitrogens with zero attached hydrogens (tertiary/aromatic N) is 1. The van der Waals surface area contributed by atoms with Crippen LogP contribution < -0.4 is 4.74 Å². The quantitative estimate of drug-likeness (QED) is 0.866. The van der Waals surface area contributed by atoms with Crippen molar-refractivity contribution < 1.29 is 14.9 Å². The predicted molar refractivity (Wildman–Crippen MR) is 71.9 cm³/mol. The number of aliphatic hydroxyl groups excluding tert-OH is 2. The maximum atomic E-state index is 9.64. The highest BCUT2D eigenvalue weighted by atomic mass is 16.5. The zero-order valence-corrected chi connectivity index (χ0v) is 10.8. The van der Waals surface area contributed by atoms with Crippen molar-refractivity contribution in [1.82, 2.24) is 4.98 Å². The number of hydrogen-bond acceptors (Lipinski definition) is 4.